The molecule has 1 atom stereocenters. The molecule has 194 valence electrons. The average molecular weight is 493 g/mol. The molecule has 0 radical (unpaired) electrons. The van der Waals surface area contributed by atoms with Crippen molar-refractivity contribution in [2.24, 2.45) is 5.41 Å². The van der Waals surface area contributed by atoms with Crippen molar-refractivity contribution in [3.8, 4) is 0 Å². The summed E-state index contributed by atoms with van der Waals surface area (Å²) in [5, 5.41) is 9.84. The van der Waals surface area contributed by atoms with E-state index in [1.54, 1.807) is 0 Å². The van der Waals surface area contributed by atoms with Crippen LogP contribution in [0.25, 0.3) is 0 Å². The number of carboxylic acids is 1. The van der Waals surface area contributed by atoms with E-state index in [1.165, 1.54) is 96.3 Å². The van der Waals surface area contributed by atoms with Gasteiger partial charge in [0.05, 0.1) is 0 Å². The van der Waals surface area contributed by atoms with E-state index in [0.717, 1.165) is 38.5 Å². The summed E-state index contributed by atoms with van der Waals surface area (Å²) in [6.07, 6.45) is 25.8. The van der Waals surface area contributed by atoms with Gasteiger partial charge in [0.2, 0.25) is 0 Å². The van der Waals surface area contributed by atoms with Gasteiger partial charge in [0.1, 0.15) is 0 Å². The number of halogens is 1. The zero-order valence-corrected chi connectivity index (χ0v) is 24.3. The van der Waals surface area contributed by atoms with Gasteiger partial charge in [-0.1, -0.05) is 143 Å². The summed E-state index contributed by atoms with van der Waals surface area (Å²) in [5.74, 6) is -0.766. The van der Waals surface area contributed by atoms with E-state index < -0.39 is 5.97 Å². The Labute approximate surface area is 211 Å². The first-order valence-electron chi connectivity index (χ1n) is 13.5. The molecule has 1 N–H and O–H groups in total. The summed E-state index contributed by atoms with van der Waals surface area (Å²) >= 11 is 0. The molecule has 0 aromatic heterocycles. The lowest BCUT2D eigenvalue weighted by atomic mass is 9.69. The summed E-state index contributed by atoms with van der Waals surface area (Å²) < 4.78 is 0. The fourth-order valence-electron chi connectivity index (χ4n) is 4.79. The summed E-state index contributed by atoms with van der Waals surface area (Å²) in [6, 6.07) is 0. The predicted octanol–water partition coefficient (Wildman–Crippen LogP) is 10.3. The van der Waals surface area contributed by atoms with Crippen LogP contribution in [0.15, 0.2) is 12.2 Å². The standard InChI is InChI=1S/C28H54O2.ClH.H3P/c1-5-8-11-14-17-20-23-28(26(4)27(29)30,24-21-18-15-12-9-6-2)25-22-19-16-13-10-7-3;;/h4-25H2,1-3H3,(H,29,30);1H;1H3. The number of aliphatic carboxylic acids is 1. The van der Waals surface area contributed by atoms with E-state index in [1.807, 2.05) is 0 Å². The van der Waals surface area contributed by atoms with Crippen molar-refractivity contribution in [3.63, 3.8) is 0 Å². The third-order valence-corrected chi connectivity index (χ3v) is 6.92. The first-order valence-corrected chi connectivity index (χ1v) is 13.5. The fourth-order valence-corrected chi connectivity index (χ4v) is 4.79. The van der Waals surface area contributed by atoms with Crippen molar-refractivity contribution in [3.05, 3.63) is 12.2 Å². The maximum Gasteiger partial charge on any atom is 0.331 e. The Bertz CT molecular complexity index is 385. The Hall–Kier alpha value is -0.0700. The van der Waals surface area contributed by atoms with Gasteiger partial charge in [-0.25, -0.2) is 4.79 Å². The second-order valence-electron chi connectivity index (χ2n) is 9.62. The van der Waals surface area contributed by atoms with Crippen molar-refractivity contribution < 1.29 is 9.90 Å². The smallest absolute Gasteiger partial charge is 0.331 e. The molecule has 0 aliphatic heterocycles. The molecule has 4 heteroatoms. The van der Waals surface area contributed by atoms with Gasteiger partial charge in [0.25, 0.3) is 0 Å². The normalized spacial score (nSPS) is 11.0. The molecule has 1 unspecified atom stereocenters. The van der Waals surface area contributed by atoms with E-state index in [2.05, 4.69) is 27.4 Å². The highest BCUT2D eigenvalue weighted by Gasteiger charge is 2.35. The fraction of sp³-hybridized carbons (Fsp3) is 0.893. The van der Waals surface area contributed by atoms with Gasteiger partial charge >= 0.3 is 5.97 Å². The lowest BCUT2D eigenvalue weighted by molar-refractivity contribution is -0.134. The number of carbonyl (C=O) groups is 1. The van der Waals surface area contributed by atoms with Crippen molar-refractivity contribution in [2.45, 2.75) is 156 Å². The van der Waals surface area contributed by atoms with Gasteiger partial charge < -0.3 is 5.11 Å². The van der Waals surface area contributed by atoms with Crippen LogP contribution in [0.5, 0.6) is 0 Å². The largest absolute Gasteiger partial charge is 0.478 e. The molecule has 0 aromatic rings. The zero-order valence-electron chi connectivity index (χ0n) is 22.0. The van der Waals surface area contributed by atoms with E-state index in [-0.39, 0.29) is 27.7 Å². The van der Waals surface area contributed by atoms with E-state index in [9.17, 15) is 9.90 Å². The minimum atomic E-state index is -0.766. The molecular weight excluding hydrogens is 435 g/mol. The van der Waals surface area contributed by atoms with Crippen LogP contribution in [0.1, 0.15) is 156 Å². The van der Waals surface area contributed by atoms with Crippen molar-refractivity contribution in [1.29, 1.82) is 0 Å². The second kappa shape index (κ2) is 25.6. The third kappa shape index (κ3) is 18.4. The maximum atomic E-state index is 12.0. The Morgan fingerprint density at radius 3 is 1.09 bits per heavy atom. The van der Waals surface area contributed by atoms with Crippen LogP contribution in [0.2, 0.25) is 0 Å². The van der Waals surface area contributed by atoms with Gasteiger partial charge in [0, 0.05) is 11.0 Å². The Kier molecular flexibility index (Phi) is 29.1. The molecule has 0 saturated carbocycles. The Morgan fingerprint density at radius 2 is 0.844 bits per heavy atom. The van der Waals surface area contributed by atoms with Crippen LogP contribution in [-0.4, -0.2) is 11.1 Å². The van der Waals surface area contributed by atoms with Crippen LogP contribution < -0.4 is 0 Å². The molecule has 0 rings (SSSR count). The maximum absolute atomic E-state index is 12.0. The molecular formula is C28H58ClO2P. The molecule has 0 fully saturated rings. The van der Waals surface area contributed by atoms with Crippen molar-refractivity contribution in [1.82, 2.24) is 0 Å². The van der Waals surface area contributed by atoms with Gasteiger partial charge in [-0.15, -0.1) is 12.4 Å². The quantitative estimate of drug-likeness (QED) is 0.0874. The van der Waals surface area contributed by atoms with Gasteiger partial charge in [0.15, 0.2) is 0 Å². The first-order chi connectivity index (χ1) is 14.5. The second-order valence-corrected chi connectivity index (χ2v) is 9.62. The Morgan fingerprint density at radius 1 is 0.594 bits per heavy atom. The molecule has 2 nitrogen and oxygen atoms in total. The minimum absolute atomic E-state index is 0. The van der Waals surface area contributed by atoms with Crippen molar-refractivity contribution in [2.75, 3.05) is 0 Å². The molecule has 0 amide bonds. The topological polar surface area (TPSA) is 37.3 Å². The molecule has 0 bridgehead atoms. The predicted molar refractivity (Wildman–Crippen MR) is 152 cm³/mol. The number of hydrogen-bond acceptors (Lipinski definition) is 1. The van der Waals surface area contributed by atoms with Crippen LogP contribution in [0, 0.1) is 5.41 Å². The molecule has 0 aromatic carbocycles. The van der Waals surface area contributed by atoms with Gasteiger partial charge in [-0.05, 0) is 19.3 Å². The highest BCUT2D eigenvalue weighted by molar-refractivity contribution is 6.92. The molecule has 0 heterocycles. The number of hydrogen-bond donors (Lipinski definition) is 1. The van der Waals surface area contributed by atoms with Gasteiger partial charge in [-0.3, -0.25) is 0 Å². The highest BCUT2D eigenvalue weighted by Crippen LogP contribution is 2.43. The van der Waals surface area contributed by atoms with E-state index >= 15 is 0 Å². The highest BCUT2D eigenvalue weighted by atomic mass is 35.5. The van der Waals surface area contributed by atoms with E-state index in [4.69, 9.17) is 0 Å². The summed E-state index contributed by atoms with van der Waals surface area (Å²) in [6.45, 7) is 10.9. The molecule has 0 saturated heterocycles. The number of rotatable bonds is 23. The SMILES string of the molecule is C=C(C(=O)O)C(CCCCCCCC)(CCCCCCCC)CCCCCCCC.Cl.P. The van der Waals surface area contributed by atoms with Crippen molar-refractivity contribution >= 4 is 28.3 Å². The summed E-state index contributed by atoms with van der Waals surface area (Å²) in [7, 11) is 0. The monoisotopic (exact) mass is 492 g/mol. The molecule has 0 aliphatic carbocycles. The molecule has 0 spiro atoms. The molecule has 0 aliphatic rings. The van der Waals surface area contributed by atoms with Crippen LogP contribution >= 0.6 is 22.3 Å². The lowest BCUT2D eigenvalue weighted by Crippen LogP contribution is -2.28. The van der Waals surface area contributed by atoms with E-state index in [0.29, 0.717) is 5.57 Å². The average Bonchev–Trinajstić information content (AvgIpc) is 2.74. The number of carboxylic acid groups (broad SMARTS) is 1. The van der Waals surface area contributed by atoms with Crippen LogP contribution in [0.4, 0.5) is 0 Å². The van der Waals surface area contributed by atoms with Gasteiger partial charge in [-0.2, -0.15) is 9.90 Å². The minimum Gasteiger partial charge on any atom is -0.478 e. The lowest BCUT2D eigenvalue weighted by Gasteiger charge is -2.35. The number of unbranched alkanes of at least 4 members (excludes halogenated alkanes) is 15. The molecule has 32 heavy (non-hydrogen) atoms. The third-order valence-electron chi connectivity index (χ3n) is 6.92. The summed E-state index contributed by atoms with van der Waals surface area (Å²) in [5.41, 5.74) is 0.324. The zero-order chi connectivity index (χ0) is 22.5. The Balaban J connectivity index is -0.00000420. The van der Waals surface area contributed by atoms with Crippen LogP contribution in [-0.2, 0) is 4.79 Å². The van der Waals surface area contributed by atoms with Crippen LogP contribution in [0.3, 0.4) is 0 Å². The first kappa shape index (κ1) is 36.5. The summed E-state index contributed by atoms with van der Waals surface area (Å²) in [4.78, 5) is 12.0.